The highest BCUT2D eigenvalue weighted by atomic mass is 32.2. The van der Waals surface area contributed by atoms with Crippen LogP contribution in [0.2, 0.25) is 0 Å². The molecule has 0 amide bonds. The van der Waals surface area contributed by atoms with Crippen molar-refractivity contribution in [2.45, 2.75) is 16.1 Å². The van der Waals surface area contributed by atoms with Crippen LogP contribution in [0.5, 0.6) is 0 Å². The number of hydrogen-bond donors (Lipinski definition) is 1. The van der Waals surface area contributed by atoms with Gasteiger partial charge in [-0.1, -0.05) is 0 Å². The van der Waals surface area contributed by atoms with Gasteiger partial charge in [0.05, 0.1) is 29.3 Å². The van der Waals surface area contributed by atoms with Crippen LogP contribution in [0.1, 0.15) is 4.88 Å². The predicted molar refractivity (Wildman–Crippen MR) is 50.7 cm³/mol. The Bertz CT molecular complexity index is 255. The summed E-state index contributed by atoms with van der Waals surface area (Å²) in [4.78, 5) is 1.04. The largest absolute Gasteiger partial charge is 0.391 e. The Labute approximate surface area is 79.6 Å². The number of rotatable bonds is 3. The molecule has 0 saturated carbocycles. The summed E-state index contributed by atoms with van der Waals surface area (Å²) in [6.07, 6.45) is 0. The lowest BCUT2D eigenvalue weighted by Crippen LogP contribution is -2.29. The number of thioether (sulfide) groups is 1. The first kappa shape index (κ1) is 8.56. The zero-order chi connectivity index (χ0) is 8.39. The summed E-state index contributed by atoms with van der Waals surface area (Å²) in [7, 11) is 0. The Morgan fingerprint density at radius 1 is 1.58 bits per heavy atom. The maximum absolute atomic E-state index is 8.83. The van der Waals surface area contributed by atoms with E-state index in [1.165, 1.54) is 4.21 Å². The van der Waals surface area contributed by atoms with E-state index in [9.17, 15) is 0 Å². The van der Waals surface area contributed by atoms with Crippen LogP contribution in [-0.4, -0.2) is 23.6 Å². The van der Waals surface area contributed by atoms with Crippen molar-refractivity contribution in [3.05, 3.63) is 17.0 Å². The Balaban J connectivity index is 1.93. The van der Waals surface area contributed by atoms with Gasteiger partial charge < -0.3 is 9.84 Å². The highest BCUT2D eigenvalue weighted by Crippen LogP contribution is 2.33. The molecule has 0 radical (unpaired) electrons. The first-order valence-electron chi connectivity index (χ1n) is 3.82. The van der Waals surface area contributed by atoms with Gasteiger partial charge in [0, 0.05) is 4.88 Å². The summed E-state index contributed by atoms with van der Waals surface area (Å²) >= 11 is 3.52. The van der Waals surface area contributed by atoms with E-state index in [4.69, 9.17) is 9.84 Å². The number of hydrogen-bond acceptors (Lipinski definition) is 4. The number of thiophene rings is 1. The molecule has 0 atom stereocenters. The molecule has 1 fully saturated rings. The molecule has 1 aliphatic heterocycles. The van der Waals surface area contributed by atoms with Crippen LogP contribution in [0.15, 0.2) is 16.3 Å². The average Bonchev–Trinajstić information content (AvgIpc) is 2.44. The molecule has 2 nitrogen and oxygen atoms in total. The van der Waals surface area contributed by atoms with E-state index < -0.39 is 0 Å². The normalized spacial score (nSPS) is 17.8. The summed E-state index contributed by atoms with van der Waals surface area (Å²) in [5, 5.41) is 9.47. The first-order chi connectivity index (χ1) is 5.88. The lowest BCUT2D eigenvalue weighted by atomic mass is 10.4. The molecular formula is C8H10O2S2. The second kappa shape index (κ2) is 3.79. The molecule has 2 rings (SSSR count). The molecule has 1 N–H and O–H groups in total. The van der Waals surface area contributed by atoms with Crippen LogP contribution in [0.25, 0.3) is 0 Å². The van der Waals surface area contributed by atoms with Crippen LogP contribution in [-0.2, 0) is 11.3 Å². The van der Waals surface area contributed by atoms with Gasteiger partial charge in [-0.25, -0.2) is 0 Å². The van der Waals surface area contributed by atoms with Gasteiger partial charge in [-0.2, -0.15) is 0 Å². The summed E-state index contributed by atoms with van der Waals surface area (Å²) in [5.41, 5.74) is 0. The van der Waals surface area contributed by atoms with Crippen molar-refractivity contribution in [3.63, 3.8) is 0 Å². The van der Waals surface area contributed by atoms with Gasteiger partial charge in [-0.15, -0.1) is 23.1 Å². The quantitative estimate of drug-likeness (QED) is 0.809. The second-order valence-corrected chi connectivity index (χ2v) is 5.43. The fourth-order valence-electron chi connectivity index (χ4n) is 0.953. The number of aliphatic hydroxyl groups excluding tert-OH is 1. The maximum atomic E-state index is 8.83. The molecule has 1 aromatic heterocycles. The lowest BCUT2D eigenvalue weighted by molar-refractivity contribution is 0.0456. The van der Waals surface area contributed by atoms with E-state index in [0.29, 0.717) is 5.25 Å². The van der Waals surface area contributed by atoms with Gasteiger partial charge in [-0.05, 0) is 12.1 Å². The maximum Gasteiger partial charge on any atom is 0.0774 e. The van der Waals surface area contributed by atoms with Crippen LogP contribution >= 0.6 is 23.1 Å². The SMILES string of the molecule is OCc1ccc(SC2COC2)s1. The Morgan fingerprint density at radius 2 is 2.42 bits per heavy atom. The first-order valence-corrected chi connectivity index (χ1v) is 5.52. The summed E-state index contributed by atoms with van der Waals surface area (Å²) in [5.74, 6) is 0. The smallest absolute Gasteiger partial charge is 0.0774 e. The van der Waals surface area contributed by atoms with Gasteiger partial charge in [-0.3, -0.25) is 0 Å². The topological polar surface area (TPSA) is 29.5 Å². The third-order valence-corrected chi connectivity index (χ3v) is 4.06. The zero-order valence-corrected chi connectivity index (χ0v) is 8.16. The molecule has 1 aromatic rings. The van der Waals surface area contributed by atoms with E-state index in [1.807, 2.05) is 17.8 Å². The van der Waals surface area contributed by atoms with Crippen molar-refractivity contribution < 1.29 is 9.84 Å². The Kier molecular flexibility index (Phi) is 2.70. The molecule has 1 aliphatic rings. The van der Waals surface area contributed by atoms with Crippen LogP contribution < -0.4 is 0 Å². The summed E-state index contributed by atoms with van der Waals surface area (Å²) < 4.78 is 6.36. The van der Waals surface area contributed by atoms with Crippen LogP contribution in [0, 0.1) is 0 Å². The lowest BCUT2D eigenvalue weighted by Gasteiger charge is -2.24. The van der Waals surface area contributed by atoms with Crippen molar-refractivity contribution >= 4 is 23.1 Å². The molecular weight excluding hydrogens is 192 g/mol. The molecule has 0 bridgehead atoms. The standard InChI is InChI=1S/C8H10O2S2/c9-3-6-1-2-8(11-6)12-7-4-10-5-7/h1-2,7,9H,3-5H2. The molecule has 0 aliphatic carbocycles. The second-order valence-electron chi connectivity index (χ2n) is 2.66. The molecule has 0 spiro atoms. The van der Waals surface area contributed by atoms with E-state index in [2.05, 4.69) is 6.07 Å². The fourth-order valence-corrected chi connectivity index (χ4v) is 3.27. The molecule has 2 heterocycles. The Morgan fingerprint density at radius 3 is 2.92 bits per heavy atom. The minimum atomic E-state index is 0.159. The third-order valence-electron chi connectivity index (χ3n) is 1.68. The van der Waals surface area contributed by atoms with Crippen LogP contribution in [0.3, 0.4) is 0 Å². The van der Waals surface area contributed by atoms with Crippen molar-refractivity contribution in [1.29, 1.82) is 0 Å². The van der Waals surface area contributed by atoms with Gasteiger partial charge in [0.25, 0.3) is 0 Å². The molecule has 12 heavy (non-hydrogen) atoms. The van der Waals surface area contributed by atoms with E-state index in [1.54, 1.807) is 11.3 Å². The Hall–Kier alpha value is -0.0300. The predicted octanol–water partition coefficient (Wildman–Crippen LogP) is 1.73. The fraction of sp³-hybridized carbons (Fsp3) is 0.500. The van der Waals surface area contributed by atoms with Crippen molar-refractivity contribution in [2.24, 2.45) is 0 Å². The van der Waals surface area contributed by atoms with Gasteiger partial charge in [0.1, 0.15) is 0 Å². The van der Waals surface area contributed by atoms with Crippen LogP contribution in [0.4, 0.5) is 0 Å². The monoisotopic (exact) mass is 202 g/mol. The minimum absolute atomic E-state index is 0.159. The minimum Gasteiger partial charge on any atom is -0.391 e. The van der Waals surface area contributed by atoms with Crippen molar-refractivity contribution in [3.8, 4) is 0 Å². The molecule has 66 valence electrons. The molecule has 0 unspecified atom stereocenters. The van der Waals surface area contributed by atoms with Gasteiger partial charge in [0.2, 0.25) is 0 Å². The van der Waals surface area contributed by atoms with Crippen molar-refractivity contribution in [2.75, 3.05) is 13.2 Å². The van der Waals surface area contributed by atoms with E-state index >= 15 is 0 Å². The summed E-state index contributed by atoms with van der Waals surface area (Å²) in [6.45, 7) is 1.90. The van der Waals surface area contributed by atoms with Gasteiger partial charge in [0.15, 0.2) is 0 Å². The van der Waals surface area contributed by atoms with Crippen molar-refractivity contribution in [1.82, 2.24) is 0 Å². The zero-order valence-electron chi connectivity index (χ0n) is 6.53. The summed E-state index contributed by atoms with van der Waals surface area (Å²) in [6, 6.07) is 4.05. The molecule has 4 heteroatoms. The number of ether oxygens (including phenoxy) is 1. The van der Waals surface area contributed by atoms with Gasteiger partial charge >= 0.3 is 0 Å². The van der Waals surface area contributed by atoms with E-state index in [0.717, 1.165) is 18.1 Å². The third kappa shape index (κ3) is 1.82. The number of aliphatic hydroxyl groups is 1. The molecule has 0 aromatic carbocycles. The molecule has 1 saturated heterocycles. The highest BCUT2D eigenvalue weighted by Gasteiger charge is 2.19. The van der Waals surface area contributed by atoms with E-state index in [-0.39, 0.29) is 6.61 Å². The highest BCUT2D eigenvalue weighted by molar-refractivity contribution is 8.01. The average molecular weight is 202 g/mol.